The second-order valence-corrected chi connectivity index (χ2v) is 1.32. The summed E-state index contributed by atoms with van der Waals surface area (Å²) in [5, 5.41) is 7.95. The molecule has 0 aromatic heterocycles. The van der Waals surface area contributed by atoms with Crippen LogP contribution in [0.25, 0.3) is 0 Å². The molecule has 2 nitrogen and oxygen atoms in total. The summed E-state index contributed by atoms with van der Waals surface area (Å²) in [5.41, 5.74) is 0. The molecular weight excluding hydrogens is 78.0 g/mol. The van der Waals surface area contributed by atoms with Gasteiger partial charge in [0.05, 0.1) is 25.2 Å². The zero-order valence-corrected chi connectivity index (χ0v) is 3.35. The van der Waals surface area contributed by atoms with E-state index in [1.54, 1.807) is 0 Å². The predicted octanol–water partition coefficient (Wildman–Crippen LogP) is 0.299. The lowest BCUT2D eigenvalue weighted by Crippen LogP contribution is -1.76. The van der Waals surface area contributed by atoms with Gasteiger partial charge in [-0.1, -0.05) is 0 Å². The summed E-state index contributed by atoms with van der Waals surface area (Å²) >= 11 is 0. The maximum absolute atomic E-state index is 7.95. The Hall–Kier alpha value is -0.550. The van der Waals surface area contributed by atoms with Crippen LogP contribution in [0.15, 0.2) is 0 Å². The highest BCUT2D eigenvalue weighted by molar-refractivity contribution is 4.82. The van der Waals surface area contributed by atoms with Gasteiger partial charge in [0, 0.05) is 0 Å². The van der Waals surface area contributed by atoms with Gasteiger partial charge < -0.3 is 4.74 Å². The Labute approximate surface area is 36.3 Å². The highest BCUT2D eigenvalue weighted by Gasteiger charge is 2.20. The lowest BCUT2D eigenvalue weighted by Gasteiger charge is -1.67. The Morgan fingerprint density at radius 2 is 2.67 bits per heavy atom. The Morgan fingerprint density at radius 1 is 2.00 bits per heavy atom. The summed E-state index contributed by atoms with van der Waals surface area (Å²) in [6.07, 6.45) is 0.856. The van der Waals surface area contributed by atoms with Gasteiger partial charge in [-0.15, -0.1) is 0 Å². The van der Waals surface area contributed by atoms with Gasteiger partial charge >= 0.3 is 0 Å². The highest BCUT2D eigenvalue weighted by atomic mass is 16.6. The zero-order chi connectivity index (χ0) is 4.41. The molecule has 32 valence electrons. The smallest absolute Gasteiger partial charge is 0.0939 e. The van der Waals surface area contributed by atoms with Gasteiger partial charge in [-0.05, 0) is 0 Å². The molecule has 0 aromatic carbocycles. The van der Waals surface area contributed by atoms with Crippen LogP contribution in [0, 0.1) is 11.3 Å². The third-order valence-electron chi connectivity index (χ3n) is 0.721. The molecule has 0 unspecified atom stereocenters. The van der Waals surface area contributed by atoms with E-state index in [9.17, 15) is 0 Å². The van der Waals surface area contributed by atoms with Crippen LogP contribution in [0.2, 0.25) is 0 Å². The quantitative estimate of drug-likeness (QED) is 0.427. The molecular formula is C4H5NO. The van der Waals surface area contributed by atoms with E-state index in [0.29, 0.717) is 6.42 Å². The molecule has 1 fully saturated rings. The van der Waals surface area contributed by atoms with Crippen molar-refractivity contribution in [2.24, 2.45) is 0 Å². The SMILES string of the molecule is N#CC[C@H]1CO1. The van der Waals surface area contributed by atoms with Crippen LogP contribution in [0.5, 0.6) is 0 Å². The van der Waals surface area contributed by atoms with Gasteiger partial charge in [-0.25, -0.2) is 0 Å². The van der Waals surface area contributed by atoms with E-state index in [0.717, 1.165) is 6.61 Å². The minimum Gasteiger partial charge on any atom is -0.372 e. The predicted molar refractivity (Wildman–Crippen MR) is 20.0 cm³/mol. The van der Waals surface area contributed by atoms with Crippen LogP contribution >= 0.6 is 0 Å². The van der Waals surface area contributed by atoms with E-state index < -0.39 is 0 Å². The number of nitriles is 1. The number of hydrogen-bond donors (Lipinski definition) is 0. The van der Waals surface area contributed by atoms with Gasteiger partial charge in [-0.2, -0.15) is 5.26 Å². The molecule has 6 heavy (non-hydrogen) atoms. The van der Waals surface area contributed by atoms with E-state index in [4.69, 9.17) is 10.00 Å². The van der Waals surface area contributed by atoms with E-state index in [-0.39, 0.29) is 6.10 Å². The first-order valence-corrected chi connectivity index (χ1v) is 1.92. The minimum absolute atomic E-state index is 0.287. The van der Waals surface area contributed by atoms with Crippen LogP contribution in [0.1, 0.15) is 6.42 Å². The number of ether oxygens (including phenoxy) is 1. The van der Waals surface area contributed by atoms with Gasteiger partial charge in [0.15, 0.2) is 0 Å². The average Bonchev–Trinajstić information content (AvgIpc) is 2.21. The summed E-state index contributed by atoms with van der Waals surface area (Å²) < 4.78 is 4.73. The second kappa shape index (κ2) is 1.27. The fourth-order valence-electron chi connectivity index (χ4n) is 0.288. The van der Waals surface area contributed by atoms with Crippen LogP contribution in [0.3, 0.4) is 0 Å². The maximum atomic E-state index is 7.95. The fourth-order valence-corrected chi connectivity index (χ4v) is 0.288. The third kappa shape index (κ3) is 0.697. The molecule has 0 N–H and O–H groups in total. The van der Waals surface area contributed by atoms with Crippen molar-refractivity contribution in [1.29, 1.82) is 5.26 Å². The van der Waals surface area contributed by atoms with Crippen molar-refractivity contribution < 1.29 is 4.74 Å². The maximum Gasteiger partial charge on any atom is 0.0939 e. The summed E-state index contributed by atoms with van der Waals surface area (Å²) in [4.78, 5) is 0. The first kappa shape index (κ1) is 3.63. The summed E-state index contributed by atoms with van der Waals surface area (Å²) in [6.45, 7) is 0.799. The molecule has 1 rings (SSSR count). The second-order valence-electron chi connectivity index (χ2n) is 1.32. The largest absolute Gasteiger partial charge is 0.372 e. The summed E-state index contributed by atoms with van der Waals surface area (Å²) in [5.74, 6) is 0. The molecule has 1 aliphatic heterocycles. The molecule has 1 atom stereocenters. The Morgan fingerprint density at radius 3 is 2.83 bits per heavy atom. The summed E-state index contributed by atoms with van der Waals surface area (Å²) in [7, 11) is 0. The highest BCUT2D eigenvalue weighted by Crippen LogP contribution is 2.10. The van der Waals surface area contributed by atoms with Crippen molar-refractivity contribution in [3.63, 3.8) is 0 Å². The Balaban J connectivity index is 2.05. The number of epoxide rings is 1. The average molecular weight is 83.1 g/mol. The number of rotatable bonds is 1. The van der Waals surface area contributed by atoms with Gasteiger partial charge in [0.2, 0.25) is 0 Å². The van der Waals surface area contributed by atoms with E-state index in [1.165, 1.54) is 0 Å². The van der Waals surface area contributed by atoms with Crippen molar-refractivity contribution in [3.05, 3.63) is 0 Å². The van der Waals surface area contributed by atoms with E-state index >= 15 is 0 Å². The number of nitrogens with zero attached hydrogens (tertiary/aromatic N) is 1. The molecule has 0 radical (unpaired) electrons. The lowest BCUT2D eigenvalue weighted by molar-refractivity contribution is 0.412. The van der Waals surface area contributed by atoms with Crippen molar-refractivity contribution in [1.82, 2.24) is 0 Å². The van der Waals surface area contributed by atoms with Gasteiger partial charge in [0.25, 0.3) is 0 Å². The minimum atomic E-state index is 0.287. The molecule has 0 saturated carbocycles. The van der Waals surface area contributed by atoms with Crippen molar-refractivity contribution in [2.45, 2.75) is 12.5 Å². The molecule has 1 aliphatic rings. The first-order valence-electron chi connectivity index (χ1n) is 1.92. The Kier molecular flexibility index (Phi) is 0.771. The normalized spacial score (nSPS) is 28.8. The number of hydrogen-bond acceptors (Lipinski definition) is 2. The third-order valence-corrected chi connectivity index (χ3v) is 0.721. The van der Waals surface area contributed by atoms with Crippen LogP contribution in [0.4, 0.5) is 0 Å². The topological polar surface area (TPSA) is 36.3 Å². The zero-order valence-electron chi connectivity index (χ0n) is 3.35. The van der Waals surface area contributed by atoms with Crippen molar-refractivity contribution >= 4 is 0 Å². The van der Waals surface area contributed by atoms with Crippen LogP contribution in [-0.2, 0) is 4.74 Å². The van der Waals surface area contributed by atoms with E-state index in [2.05, 4.69) is 0 Å². The molecule has 0 aromatic rings. The molecule has 1 heterocycles. The van der Waals surface area contributed by atoms with Crippen molar-refractivity contribution in [2.75, 3.05) is 6.61 Å². The fraction of sp³-hybridized carbons (Fsp3) is 0.750. The van der Waals surface area contributed by atoms with E-state index in [1.807, 2.05) is 6.07 Å². The molecule has 2 heteroatoms. The molecule has 0 aliphatic carbocycles. The molecule has 0 amide bonds. The standard InChI is InChI=1S/C4H5NO/c5-2-1-4-3-6-4/h4H,1,3H2/t4-/m0/s1. The molecule has 0 spiro atoms. The van der Waals surface area contributed by atoms with Gasteiger partial charge in [-0.3, -0.25) is 0 Å². The van der Waals surface area contributed by atoms with Crippen molar-refractivity contribution in [3.8, 4) is 6.07 Å². The van der Waals surface area contributed by atoms with Gasteiger partial charge in [0.1, 0.15) is 0 Å². The monoisotopic (exact) mass is 83.0 g/mol. The van der Waals surface area contributed by atoms with Crippen LogP contribution in [-0.4, -0.2) is 12.7 Å². The summed E-state index contributed by atoms with van der Waals surface area (Å²) in [6, 6.07) is 2.00. The Bertz CT molecular complexity index is 80.0. The molecule has 1 saturated heterocycles. The van der Waals surface area contributed by atoms with Crippen LogP contribution < -0.4 is 0 Å². The first-order chi connectivity index (χ1) is 2.93. The lowest BCUT2D eigenvalue weighted by atomic mass is 10.4. The molecule has 0 bridgehead atoms.